The van der Waals surface area contributed by atoms with E-state index in [0.717, 1.165) is 18.8 Å². The molecule has 1 aromatic heterocycles. The number of amides is 3. The van der Waals surface area contributed by atoms with Crippen molar-refractivity contribution >= 4 is 40.6 Å². The monoisotopic (exact) mass is 583 g/mol. The summed E-state index contributed by atoms with van der Waals surface area (Å²) in [6.45, 7) is 5.86. The molecule has 2 fully saturated rings. The molecule has 5 rings (SSSR count). The van der Waals surface area contributed by atoms with Crippen LogP contribution in [0.4, 0.5) is 20.7 Å². The summed E-state index contributed by atoms with van der Waals surface area (Å²) in [6.07, 6.45) is 1.40. The molecule has 0 spiro atoms. The van der Waals surface area contributed by atoms with Gasteiger partial charge in [-0.15, -0.1) is 11.6 Å². The Labute approximate surface area is 243 Å². The Morgan fingerprint density at radius 1 is 1.20 bits per heavy atom. The molecule has 1 aliphatic carbocycles. The zero-order valence-corrected chi connectivity index (χ0v) is 23.9. The number of aliphatic hydroxyl groups is 1. The number of pyridine rings is 1. The van der Waals surface area contributed by atoms with Crippen LogP contribution in [0.25, 0.3) is 5.57 Å². The summed E-state index contributed by atoms with van der Waals surface area (Å²) in [5, 5.41) is 21.3. The standard InChI is InChI=1S/C29H35ClFN7O3/c1-19(39)33-8-9-34-27-24(37-12-10-32-11-13-37)16-21(18-35-27)29(30)25(38-15-14-36(2)28(38)41)23(31)17-22(26(29)40)20-6-4-3-5-7-20/h3-7,16-18,26,32,40H,8-15H2,1-2H3,(H,33,39)(H,34,35). The van der Waals surface area contributed by atoms with Gasteiger partial charge in [-0.2, -0.15) is 0 Å². The van der Waals surface area contributed by atoms with Gasteiger partial charge in [0.25, 0.3) is 0 Å². The highest BCUT2D eigenvalue weighted by Gasteiger charge is 2.52. The van der Waals surface area contributed by atoms with Gasteiger partial charge in [-0.3, -0.25) is 9.69 Å². The second-order valence-electron chi connectivity index (χ2n) is 10.4. The van der Waals surface area contributed by atoms with Crippen molar-refractivity contribution in [3.63, 3.8) is 0 Å². The molecule has 2 aliphatic heterocycles. The minimum Gasteiger partial charge on any atom is -0.386 e. The Morgan fingerprint density at radius 2 is 1.93 bits per heavy atom. The van der Waals surface area contributed by atoms with Crippen LogP contribution < -0.4 is 20.9 Å². The first kappa shape index (κ1) is 28.8. The lowest BCUT2D eigenvalue weighted by Gasteiger charge is -2.42. The lowest BCUT2D eigenvalue weighted by Crippen LogP contribution is -2.47. The van der Waals surface area contributed by atoms with Gasteiger partial charge in [-0.25, -0.2) is 14.2 Å². The molecule has 2 saturated heterocycles. The van der Waals surface area contributed by atoms with Crippen molar-refractivity contribution in [3.05, 3.63) is 71.3 Å². The number of rotatable bonds is 8. The van der Waals surface area contributed by atoms with E-state index in [-0.39, 0.29) is 18.1 Å². The van der Waals surface area contributed by atoms with Gasteiger partial charge in [0.15, 0.2) is 0 Å². The number of nitrogens with zero attached hydrogens (tertiary/aromatic N) is 4. The summed E-state index contributed by atoms with van der Waals surface area (Å²) in [7, 11) is 1.65. The van der Waals surface area contributed by atoms with Gasteiger partial charge in [-0.1, -0.05) is 30.3 Å². The highest BCUT2D eigenvalue weighted by molar-refractivity contribution is 6.28. The molecule has 10 nitrogen and oxygen atoms in total. The van der Waals surface area contributed by atoms with Crippen LogP contribution in [-0.4, -0.2) is 97.3 Å². The zero-order valence-electron chi connectivity index (χ0n) is 23.2. The molecular weight excluding hydrogens is 549 g/mol. The Kier molecular flexibility index (Phi) is 8.48. The van der Waals surface area contributed by atoms with Crippen LogP contribution >= 0.6 is 11.6 Å². The molecule has 2 atom stereocenters. The molecule has 0 saturated carbocycles. The maximum Gasteiger partial charge on any atom is 0.324 e. The summed E-state index contributed by atoms with van der Waals surface area (Å²) in [6, 6.07) is 10.4. The van der Waals surface area contributed by atoms with Crippen molar-refractivity contribution in [2.75, 3.05) is 69.6 Å². The number of carbonyl (C=O) groups excluding carboxylic acids is 2. The van der Waals surface area contributed by atoms with Crippen molar-refractivity contribution in [2.24, 2.45) is 0 Å². The number of urea groups is 1. The third-order valence-electron chi connectivity index (χ3n) is 7.65. The Balaban J connectivity index is 1.62. The number of carbonyl (C=O) groups is 2. The fourth-order valence-corrected chi connectivity index (χ4v) is 5.92. The fraction of sp³-hybridized carbons (Fsp3) is 0.414. The predicted octanol–water partition coefficient (Wildman–Crippen LogP) is 2.48. The van der Waals surface area contributed by atoms with E-state index in [2.05, 4.69) is 25.8 Å². The molecule has 2 aromatic rings. The molecular formula is C29H35ClFN7O3. The lowest BCUT2D eigenvalue weighted by atomic mass is 9.79. The van der Waals surface area contributed by atoms with Gasteiger partial charge in [0.1, 0.15) is 22.6 Å². The lowest BCUT2D eigenvalue weighted by molar-refractivity contribution is -0.118. The predicted molar refractivity (Wildman–Crippen MR) is 157 cm³/mol. The number of halogens is 2. The van der Waals surface area contributed by atoms with Crippen LogP contribution in [0.15, 0.2) is 60.2 Å². The quantitative estimate of drug-likeness (QED) is 0.279. The molecule has 0 bridgehead atoms. The van der Waals surface area contributed by atoms with Crippen molar-refractivity contribution in [2.45, 2.75) is 17.9 Å². The van der Waals surface area contributed by atoms with E-state index in [0.29, 0.717) is 55.2 Å². The van der Waals surface area contributed by atoms with E-state index >= 15 is 4.39 Å². The molecule has 0 radical (unpaired) electrons. The van der Waals surface area contributed by atoms with Crippen molar-refractivity contribution in [1.82, 2.24) is 25.4 Å². The number of piperazine rings is 1. The third-order valence-corrected chi connectivity index (χ3v) is 8.26. The van der Waals surface area contributed by atoms with Gasteiger partial charge in [-0.05, 0) is 23.3 Å². The normalized spacial score (nSPS) is 23.1. The molecule has 1 aromatic carbocycles. The van der Waals surface area contributed by atoms with Crippen LogP contribution in [0.3, 0.4) is 0 Å². The first-order valence-corrected chi connectivity index (χ1v) is 14.1. The number of anilines is 2. The second kappa shape index (κ2) is 12.1. The minimum atomic E-state index is -1.85. The first-order chi connectivity index (χ1) is 19.7. The average molecular weight is 584 g/mol. The van der Waals surface area contributed by atoms with E-state index in [4.69, 9.17) is 11.6 Å². The van der Waals surface area contributed by atoms with Crippen LogP contribution in [-0.2, 0) is 9.67 Å². The second-order valence-corrected chi connectivity index (χ2v) is 11.0. The number of aromatic nitrogens is 1. The maximum atomic E-state index is 16.2. The molecule has 3 aliphatic rings. The number of hydrogen-bond donors (Lipinski definition) is 4. The Bertz CT molecular complexity index is 1370. The summed E-state index contributed by atoms with van der Waals surface area (Å²) in [4.78, 5) is 32.2. The van der Waals surface area contributed by atoms with Gasteiger partial charge >= 0.3 is 6.03 Å². The van der Waals surface area contributed by atoms with Gasteiger partial charge in [0.2, 0.25) is 5.91 Å². The zero-order chi connectivity index (χ0) is 29.1. The van der Waals surface area contributed by atoms with Gasteiger partial charge in [0, 0.05) is 78.1 Å². The molecule has 12 heteroatoms. The van der Waals surface area contributed by atoms with E-state index in [1.165, 1.54) is 29.0 Å². The van der Waals surface area contributed by atoms with Crippen molar-refractivity contribution in [1.29, 1.82) is 0 Å². The fourth-order valence-electron chi connectivity index (χ4n) is 5.50. The molecule has 3 heterocycles. The molecule has 2 unspecified atom stereocenters. The summed E-state index contributed by atoms with van der Waals surface area (Å²) in [5.41, 5.74) is 1.93. The molecule has 4 N–H and O–H groups in total. The highest BCUT2D eigenvalue weighted by atomic mass is 35.5. The van der Waals surface area contributed by atoms with Crippen LogP contribution in [0.1, 0.15) is 18.1 Å². The Morgan fingerprint density at radius 3 is 2.59 bits per heavy atom. The number of benzene rings is 1. The number of nitrogens with one attached hydrogen (secondary N) is 3. The SMILES string of the molecule is CC(=O)NCCNc1ncc(C2(Cl)C(N3CCN(C)C3=O)=C(F)C=C(c3ccccc3)C2O)cc1N1CCNCC1. The first-order valence-electron chi connectivity index (χ1n) is 13.7. The number of aliphatic hydroxyl groups excluding tert-OH is 1. The van der Waals surface area contributed by atoms with E-state index in [1.54, 1.807) is 31.3 Å². The summed E-state index contributed by atoms with van der Waals surface area (Å²) >= 11 is 7.43. The molecule has 41 heavy (non-hydrogen) atoms. The van der Waals surface area contributed by atoms with Crippen molar-refractivity contribution < 1.29 is 19.1 Å². The number of allylic oxidation sites excluding steroid dienone is 2. The van der Waals surface area contributed by atoms with Gasteiger partial charge in [0.05, 0.1) is 11.4 Å². The summed E-state index contributed by atoms with van der Waals surface area (Å²) < 4.78 is 16.2. The Hall–Kier alpha value is -3.67. The van der Waals surface area contributed by atoms with Crippen LogP contribution in [0, 0.1) is 0 Å². The van der Waals surface area contributed by atoms with Crippen molar-refractivity contribution in [3.8, 4) is 0 Å². The van der Waals surface area contributed by atoms with E-state index < -0.39 is 22.8 Å². The minimum absolute atomic E-state index is 0.0971. The third kappa shape index (κ3) is 5.61. The number of hydrogen-bond acceptors (Lipinski definition) is 7. The number of likely N-dealkylation sites (N-methyl/N-ethyl adjacent to an activating group) is 1. The smallest absolute Gasteiger partial charge is 0.324 e. The van der Waals surface area contributed by atoms with Gasteiger partial charge < -0.3 is 30.9 Å². The van der Waals surface area contributed by atoms with E-state index in [9.17, 15) is 14.7 Å². The van der Waals surface area contributed by atoms with E-state index in [1.807, 2.05) is 12.1 Å². The number of alkyl halides is 1. The largest absolute Gasteiger partial charge is 0.386 e. The average Bonchev–Trinajstić information content (AvgIpc) is 3.31. The maximum absolute atomic E-state index is 16.2. The highest BCUT2D eigenvalue weighted by Crippen LogP contribution is 2.52. The van der Waals surface area contributed by atoms with Crippen LogP contribution in [0.5, 0.6) is 0 Å². The summed E-state index contributed by atoms with van der Waals surface area (Å²) in [5.74, 6) is -0.235. The van der Waals surface area contributed by atoms with Crippen LogP contribution in [0.2, 0.25) is 0 Å². The topological polar surface area (TPSA) is 113 Å². The molecule has 218 valence electrons. The molecule has 3 amide bonds.